The summed E-state index contributed by atoms with van der Waals surface area (Å²) in [6.07, 6.45) is 1.91. The average Bonchev–Trinajstić information content (AvgIpc) is 2.89. The van der Waals surface area contributed by atoms with Gasteiger partial charge in [0.2, 0.25) is 0 Å². The summed E-state index contributed by atoms with van der Waals surface area (Å²) in [5, 5.41) is 8.80. The number of aromatic nitrogens is 2. The van der Waals surface area contributed by atoms with E-state index in [1.807, 2.05) is 10.8 Å². The lowest BCUT2D eigenvalue weighted by molar-refractivity contribution is 0.0697. The van der Waals surface area contributed by atoms with Crippen molar-refractivity contribution < 1.29 is 14.6 Å². The molecule has 1 aromatic carbocycles. The molecule has 1 aliphatic heterocycles. The molecule has 2 heterocycles. The van der Waals surface area contributed by atoms with Crippen LogP contribution >= 0.6 is 0 Å². The highest BCUT2D eigenvalue weighted by molar-refractivity contribution is 5.88. The van der Waals surface area contributed by atoms with Crippen molar-refractivity contribution in [1.29, 1.82) is 0 Å². The molecule has 5 heteroatoms. The van der Waals surface area contributed by atoms with Gasteiger partial charge in [-0.3, -0.25) is 4.57 Å². The second kappa shape index (κ2) is 3.62. The normalized spacial score (nSPS) is 13.2. The summed E-state index contributed by atoms with van der Waals surface area (Å²) in [7, 11) is 0. The van der Waals surface area contributed by atoms with Crippen LogP contribution in [0.4, 0.5) is 0 Å². The maximum atomic E-state index is 10.7. The van der Waals surface area contributed by atoms with Crippen LogP contribution in [0.3, 0.4) is 0 Å². The quantitative estimate of drug-likeness (QED) is 0.851. The average molecular weight is 230 g/mol. The summed E-state index contributed by atoms with van der Waals surface area (Å²) in [6, 6.07) is 7.27. The van der Waals surface area contributed by atoms with Gasteiger partial charge >= 0.3 is 5.97 Å². The Labute approximate surface area is 97.3 Å². The third-order valence-corrected chi connectivity index (χ3v) is 2.73. The van der Waals surface area contributed by atoms with Crippen molar-refractivity contribution in [3.05, 3.63) is 36.0 Å². The van der Waals surface area contributed by atoms with Crippen LogP contribution < -0.4 is 4.74 Å². The van der Waals surface area contributed by atoms with E-state index in [0.29, 0.717) is 12.6 Å². The number of carbonyl (C=O) groups is 1. The molecule has 0 aliphatic carbocycles. The highest BCUT2D eigenvalue weighted by atomic mass is 16.5. The number of imidazole rings is 1. The largest absolute Gasteiger partial charge is 0.478 e. The number of rotatable bonds is 2. The molecule has 1 N–H and O–H groups in total. The molecule has 1 aromatic heterocycles. The Morgan fingerprint density at radius 2 is 2.12 bits per heavy atom. The van der Waals surface area contributed by atoms with Crippen LogP contribution in [0.2, 0.25) is 0 Å². The first-order chi connectivity index (χ1) is 8.24. The zero-order valence-corrected chi connectivity index (χ0v) is 8.96. The SMILES string of the molecule is O=C(O)c1ccc(-c2cn3c(n2)OCC3)cc1. The van der Waals surface area contributed by atoms with E-state index in [0.717, 1.165) is 17.8 Å². The van der Waals surface area contributed by atoms with Gasteiger partial charge in [-0.1, -0.05) is 12.1 Å². The first kappa shape index (κ1) is 9.89. The van der Waals surface area contributed by atoms with Crippen molar-refractivity contribution >= 4 is 5.97 Å². The summed E-state index contributed by atoms with van der Waals surface area (Å²) < 4.78 is 7.27. The third kappa shape index (κ3) is 1.65. The molecule has 2 aromatic rings. The van der Waals surface area contributed by atoms with Gasteiger partial charge in [-0.25, -0.2) is 4.79 Å². The fraction of sp³-hybridized carbons (Fsp3) is 0.167. The van der Waals surface area contributed by atoms with E-state index in [1.165, 1.54) is 0 Å². The van der Waals surface area contributed by atoms with E-state index in [4.69, 9.17) is 9.84 Å². The van der Waals surface area contributed by atoms with Gasteiger partial charge < -0.3 is 9.84 Å². The predicted molar refractivity (Wildman–Crippen MR) is 60.1 cm³/mol. The third-order valence-electron chi connectivity index (χ3n) is 2.73. The first-order valence-corrected chi connectivity index (χ1v) is 5.28. The molecule has 0 amide bonds. The lowest BCUT2D eigenvalue weighted by Gasteiger charge is -1.98. The number of nitrogens with zero attached hydrogens (tertiary/aromatic N) is 2. The monoisotopic (exact) mass is 230 g/mol. The molecule has 17 heavy (non-hydrogen) atoms. The number of carboxylic acids is 1. The van der Waals surface area contributed by atoms with Gasteiger partial charge in [0.15, 0.2) is 0 Å². The highest BCUT2D eigenvalue weighted by Gasteiger charge is 2.15. The molecule has 86 valence electrons. The van der Waals surface area contributed by atoms with Gasteiger partial charge in [0.05, 0.1) is 17.8 Å². The standard InChI is InChI=1S/C12H10N2O3/c15-11(16)9-3-1-8(2-4-9)10-7-14-5-6-17-12(14)13-10/h1-4,7H,5-6H2,(H,15,16). The van der Waals surface area contributed by atoms with Gasteiger partial charge in [-0.15, -0.1) is 0 Å². The topological polar surface area (TPSA) is 64.3 Å². The van der Waals surface area contributed by atoms with Gasteiger partial charge in [-0.05, 0) is 12.1 Å². The molecular formula is C12H10N2O3. The molecular weight excluding hydrogens is 220 g/mol. The number of benzene rings is 1. The van der Waals surface area contributed by atoms with Crippen molar-refractivity contribution in [2.75, 3.05) is 6.61 Å². The van der Waals surface area contributed by atoms with Crippen LogP contribution in [0, 0.1) is 0 Å². The van der Waals surface area contributed by atoms with Gasteiger partial charge in [-0.2, -0.15) is 4.98 Å². The van der Waals surface area contributed by atoms with Crippen LogP contribution in [0.1, 0.15) is 10.4 Å². The second-order valence-corrected chi connectivity index (χ2v) is 3.83. The molecule has 0 fully saturated rings. The predicted octanol–water partition coefficient (Wildman–Crippen LogP) is 1.64. The Kier molecular flexibility index (Phi) is 2.11. The summed E-state index contributed by atoms with van der Waals surface area (Å²) >= 11 is 0. The van der Waals surface area contributed by atoms with Crippen molar-refractivity contribution in [3.8, 4) is 17.3 Å². The maximum Gasteiger partial charge on any atom is 0.335 e. The van der Waals surface area contributed by atoms with E-state index in [-0.39, 0.29) is 5.56 Å². The van der Waals surface area contributed by atoms with Crippen LogP contribution in [0.5, 0.6) is 6.01 Å². The van der Waals surface area contributed by atoms with E-state index in [2.05, 4.69) is 4.98 Å². The van der Waals surface area contributed by atoms with Crippen LogP contribution in [-0.4, -0.2) is 27.2 Å². The van der Waals surface area contributed by atoms with Crippen molar-refractivity contribution in [1.82, 2.24) is 9.55 Å². The summed E-state index contributed by atoms with van der Waals surface area (Å²) in [5.74, 6) is -0.924. The van der Waals surface area contributed by atoms with E-state index in [9.17, 15) is 4.79 Å². The van der Waals surface area contributed by atoms with E-state index < -0.39 is 5.97 Å². The van der Waals surface area contributed by atoms with Crippen LogP contribution in [0.25, 0.3) is 11.3 Å². The minimum absolute atomic E-state index is 0.275. The molecule has 0 saturated carbocycles. The Balaban J connectivity index is 1.95. The van der Waals surface area contributed by atoms with Crippen molar-refractivity contribution in [2.24, 2.45) is 0 Å². The van der Waals surface area contributed by atoms with Crippen molar-refractivity contribution in [3.63, 3.8) is 0 Å². The molecule has 0 unspecified atom stereocenters. The Hall–Kier alpha value is -2.30. The molecule has 0 spiro atoms. The minimum Gasteiger partial charge on any atom is -0.478 e. The van der Waals surface area contributed by atoms with E-state index in [1.54, 1.807) is 24.3 Å². The number of hydrogen-bond donors (Lipinski definition) is 1. The van der Waals surface area contributed by atoms with Gasteiger partial charge in [0.1, 0.15) is 6.61 Å². The fourth-order valence-electron chi connectivity index (χ4n) is 1.83. The molecule has 0 bridgehead atoms. The Morgan fingerprint density at radius 3 is 2.76 bits per heavy atom. The molecule has 0 radical (unpaired) electrons. The summed E-state index contributed by atoms with van der Waals surface area (Å²) in [4.78, 5) is 15.1. The highest BCUT2D eigenvalue weighted by Crippen LogP contribution is 2.24. The minimum atomic E-state index is -0.924. The summed E-state index contributed by atoms with van der Waals surface area (Å²) in [5.41, 5.74) is 1.97. The van der Waals surface area contributed by atoms with Gasteiger partial charge in [0.25, 0.3) is 6.01 Å². The molecule has 1 aliphatic rings. The lowest BCUT2D eigenvalue weighted by Crippen LogP contribution is -1.95. The Bertz CT molecular complexity index is 550. The number of ether oxygens (including phenoxy) is 1. The zero-order chi connectivity index (χ0) is 11.8. The Morgan fingerprint density at radius 1 is 1.35 bits per heavy atom. The maximum absolute atomic E-state index is 10.7. The molecule has 0 atom stereocenters. The van der Waals surface area contributed by atoms with Crippen LogP contribution in [0.15, 0.2) is 30.5 Å². The lowest BCUT2D eigenvalue weighted by atomic mass is 10.1. The second-order valence-electron chi connectivity index (χ2n) is 3.83. The van der Waals surface area contributed by atoms with Crippen LogP contribution in [-0.2, 0) is 6.54 Å². The van der Waals surface area contributed by atoms with Crippen molar-refractivity contribution in [2.45, 2.75) is 6.54 Å². The number of aromatic carboxylic acids is 1. The van der Waals surface area contributed by atoms with Gasteiger partial charge in [0, 0.05) is 11.8 Å². The first-order valence-electron chi connectivity index (χ1n) is 5.28. The zero-order valence-electron chi connectivity index (χ0n) is 8.96. The fourth-order valence-corrected chi connectivity index (χ4v) is 1.83. The molecule has 3 rings (SSSR count). The molecule has 5 nitrogen and oxygen atoms in total. The number of hydrogen-bond acceptors (Lipinski definition) is 3. The number of fused-ring (bicyclic) bond motifs is 1. The molecule has 0 saturated heterocycles. The smallest absolute Gasteiger partial charge is 0.335 e. The van der Waals surface area contributed by atoms with E-state index >= 15 is 0 Å². The summed E-state index contributed by atoms with van der Waals surface area (Å²) in [6.45, 7) is 1.48. The number of carboxylic acid groups (broad SMARTS) is 1.